The zero-order valence-corrected chi connectivity index (χ0v) is 31.3. The fraction of sp³-hybridized carbons (Fsp3) is 0.765. The summed E-state index contributed by atoms with van der Waals surface area (Å²) in [6.07, 6.45) is 6.08. The third-order valence-electron chi connectivity index (χ3n) is 8.35. The molecule has 18 nitrogen and oxygen atoms in total. The Morgan fingerprint density at radius 2 is 0.558 bits per heavy atom. The van der Waals surface area contributed by atoms with Gasteiger partial charge >= 0.3 is 23.9 Å². The van der Waals surface area contributed by atoms with Crippen molar-refractivity contribution in [3.63, 3.8) is 0 Å². The third kappa shape index (κ3) is 29.0. The molecule has 0 aromatic heterocycles. The molecule has 0 atom stereocenters. The molecule has 4 N–H and O–H groups in total. The molecular weight excluding hydrogens is 684 g/mol. The van der Waals surface area contributed by atoms with Crippen LogP contribution in [0.15, 0.2) is 0 Å². The summed E-state index contributed by atoms with van der Waals surface area (Å²) in [5, 5.41) is 34.5. The topological polar surface area (TPSA) is 237 Å². The lowest BCUT2D eigenvalue weighted by atomic mass is 10.1. The molecular formula is C34H60N6O12. The maximum atomic E-state index is 10.6. The summed E-state index contributed by atoms with van der Waals surface area (Å²) in [4.78, 5) is 95.4. The average Bonchev–Trinajstić information content (AvgIpc) is 3.05. The van der Waals surface area contributed by atoms with Gasteiger partial charge < -0.3 is 40.0 Å². The number of carboxylic acids is 4. The van der Waals surface area contributed by atoms with Crippen LogP contribution in [0.3, 0.4) is 0 Å². The summed E-state index contributed by atoms with van der Waals surface area (Å²) in [7, 11) is 8.19. The number of nitrogens with zero attached hydrogens (tertiary/aromatic N) is 6. The summed E-state index contributed by atoms with van der Waals surface area (Å²) in [6, 6.07) is 0. The van der Waals surface area contributed by atoms with Gasteiger partial charge in [-0.1, -0.05) is 0 Å². The first kappa shape index (κ1) is 48.3. The maximum Gasteiger partial charge on any atom is 0.317 e. The fourth-order valence-corrected chi connectivity index (χ4v) is 4.95. The van der Waals surface area contributed by atoms with Gasteiger partial charge in [-0.05, 0) is 28.2 Å². The number of aliphatic carboxylic acids is 4. The molecule has 0 aromatic carbocycles. The van der Waals surface area contributed by atoms with Crippen LogP contribution in [0.1, 0.15) is 51.4 Å². The van der Waals surface area contributed by atoms with Gasteiger partial charge in [0.15, 0.2) is 0 Å². The van der Waals surface area contributed by atoms with Gasteiger partial charge in [-0.3, -0.25) is 48.2 Å². The van der Waals surface area contributed by atoms with E-state index in [1.807, 2.05) is 28.2 Å². The van der Waals surface area contributed by atoms with E-state index < -0.39 is 50.1 Å². The second-order valence-electron chi connectivity index (χ2n) is 13.4. The van der Waals surface area contributed by atoms with E-state index in [0.717, 1.165) is 114 Å². The molecule has 4 aliphatic rings. The van der Waals surface area contributed by atoms with E-state index in [1.54, 1.807) is 0 Å². The average molecular weight is 745 g/mol. The molecule has 4 saturated heterocycles. The summed E-state index contributed by atoms with van der Waals surface area (Å²) >= 11 is 0. The van der Waals surface area contributed by atoms with E-state index in [4.69, 9.17) is 20.4 Å². The molecule has 298 valence electrons. The van der Waals surface area contributed by atoms with Crippen molar-refractivity contribution in [3.05, 3.63) is 0 Å². The second-order valence-corrected chi connectivity index (χ2v) is 13.4. The van der Waals surface area contributed by atoms with Crippen LogP contribution in [0.25, 0.3) is 0 Å². The van der Waals surface area contributed by atoms with Crippen molar-refractivity contribution in [1.29, 1.82) is 0 Å². The van der Waals surface area contributed by atoms with Crippen molar-refractivity contribution in [2.45, 2.75) is 51.4 Å². The highest BCUT2D eigenvalue weighted by Crippen LogP contribution is 2.03. The molecule has 0 radical (unpaired) electrons. The molecule has 0 aliphatic carbocycles. The smallest absolute Gasteiger partial charge is 0.317 e. The van der Waals surface area contributed by atoms with Crippen LogP contribution in [0.2, 0.25) is 0 Å². The number of Topliss-reactive ketones (excluding diaryl/α,β-unsaturated/α-hetero) is 4. The number of hydrogen-bond acceptors (Lipinski definition) is 14. The van der Waals surface area contributed by atoms with Gasteiger partial charge in [0.1, 0.15) is 23.1 Å². The van der Waals surface area contributed by atoms with E-state index >= 15 is 0 Å². The van der Waals surface area contributed by atoms with Gasteiger partial charge in [0.05, 0.1) is 26.2 Å². The lowest BCUT2D eigenvalue weighted by Crippen LogP contribution is -2.43. The monoisotopic (exact) mass is 744 g/mol. The van der Waals surface area contributed by atoms with Crippen LogP contribution in [-0.2, 0) is 38.4 Å². The lowest BCUT2D eigenvalue weighted by Gasteiger charge is -2.23. The number of carbonyl (C=O) groups excluding carboxylic acids is 4. The first-order valence-electron chi connectivity index (χ1n) is 17.5. The van der Waals surface area contributed by atoms with Crippen LogP contribution < -0.4 is 0 Å². The SMILES string of the molecule is CN1CCC(=O)CC1.CN1CCC(=O)CC1.CN1CCC(=O)CC1.CN1CCC(=O)CC1.O=C(O)CN(CCN(CC(=O)O)CC(=O)O)CC(=O)O. The summed E-state index contributed by atoms with van der Waals surface area (Å²) < 4.78 is 0. The Kier molecular flexibility index (Phi) is 25.9. The van der Waals surface area contributed by atoms with Gasteiger partial charge in [-0.15, -0.1) is 0 Å². The molecule has 0 bridgehead atoms. The molecule has 4 aliphatic heterocycles. The Morgan fingerprint density at radius 1 is 0.404 bits per heavy atom. The van der Waals surface area contributed by atoms with Crippen LogP contribution in [0.5, 0.6) is 0 Å². The summed E-state index contributed by atoms with van der Waals surface area (Å²) in [5.74, 6) is -3.23. The number of carbonyl (C=O) groups is 8. The van der Waals surface area contributed by atoms with Crippen LogP contribution in [0, 0.1) is 0 Å². The first-order chi connectivity index (χ1) is 24.4. The predicted molar refractivity (Wildman–Crippen MR) is 190 cm³/mol. The Hall–Kier alpha value is -3.68. The molecule has 0 saturated carbocycles. The second kappa shape index (κ2) is 27.9. The van der Waals surface area contributed by atoms with Crippen molar-refractivity contribution in [1.82, 2.24) is 29.4 Å². The van der Waals surface area contributed by atoms with Gasteiger partial charge in [0.2, 0.25) is 0 Å². The van der Waals surface area contributed by atoms with Gasteiger partial charge in [0, 0.05) is 117 Å². The zero-order chi connectivity index (χ0) is 39.6. The number of carboxylic acid groups (broad SMARTS) is 4. The molecule has 0 unspecified atom stereocenters. The minimum Gasteiger partial charge on any atom is -0.480 e. The molecule has 0 amide bonds. The molecule has 52 heavy (non-hydrogen) atoms. The fourth-order valence-electron chi connectivity index (χ4n) is 4.95. The van der Waals surface area contributed by atoms with E-state index in [1.165, 1.54) is 0 Å². The molecule has 0 spiro atoms. The summed E-state index contributed by atoms with van der Waals surface area (Å²) in [5.41, 5.74) is 0. The van der Waals surface area contributed by atoms with Gasteiger partial charge in [-0.2, -0.15) is 0 Å². The van der Waals surface area contributed by atoms with Crippen molar-refractivity contribution < 1.29 is 58.8 Å². The van der Waals surface area contributed by atoms with Crippen molar-refractivity contribution >= 4 is 47.0 Å². The van der Waals surface area contributed by atoms with Crippen molar-refractivity contribution in [2.75, 3.05) is 120 Å². The standard InChI is InChI=1S/C10H16N2O8.4C6H11NO/c13-7(14)3-11(4-8(15)16)1-2-12(5-9(17)18)6-10(19)20;4*1-7-4-2-6(8)3-5-7/h1-6H2,(H,13,14)(H,15,16)(H,17,18)(H,19,20);4*2-5H2,1H3. The quantitative estimate of drug-likeness (QED) is 0.200. The van der Waals surface area contributed by atoms with Crippen LogP contribution in [-0.4, -0.2) is 217 Å². The lowest BCUT2D eigenvalue weighted by molar-refractivity contribution is -0.145. The number of likely N-dealkylation sites (tertiary alicyclic amines) is 4. The zero-order valence-electron chi connectivity index (χ0n) is 31.3. The van der Waals surface area contributed by atoms with Crippen molar-refractivity contribution in [3.8, 4) is 0 Å². The largest absolute Gasteiger partial charge is 0.480 e. The third-order valence-corrected chi connectivity index (χ3v) is 8.35. The van der Waals surface area contributed by atoms with E-state index in [9.17, 15) is 38.4 Å². The molecule has 4 rings (SSSR count). The minimum atomic E-state index is -1.23. The van der Waals surface area contributed by atoms with E-state index in [0.29, 0.717) is 23.1 Å². The Bertz CT molecular complexity index is 958. The highest BCUT2D eigenvalue weighted by molar-refractivity contribution is 5.80. The number of hydrogen-bond donors (Lipinski definition) is 4. The van der Waals surface area contributed by atoms with E-state index in [2.05, 4.69) is 19.6 Å². The first-order valence-corrected chi connectivity index (χ1v) is 17.5. The number of piperidine rings is 4. The highest BCUT2D eigenvalue weighted by Gasteiger charge is 2.18. The molecule has 0 aromatic rings. The summed E-state index contributed by atoms with van der Waals surface area (Å²) in [6.45, 7) is 5.41. The van der Waals surface area contributed by atoms with Gasteiger partial charge in [0.25, 0.3) is 0 Å². The van der Waals surface area contributed by atoms with Crippen LogP contribution >= 0.6 is 0 Å². The highest BCUT2D eigenvalue weighted by atomic mass is 16.4. The van der Waals surface area contributed by atoms with Gasteiger partial charge in [-0.25, -0.2) is 0 Å². The number of ketones is 4. The Morgan fingerprint density at radius 3 is 0.673 bits per heavy atom. The number of rotatable bonds is 11. The molecule has 18 heteroatoms. The molecule has 4 heterocycles. The normalized spacial score (nSPS) is 18.8. The minimum absolute atomic E-state index is 0.0703. The van der Waals surface area contributed by atoms with E-state index in [-0.39, 0.29) is 13.1 Å². The maximum absolute atomic E-state index is 10.6. The predicted octanol–water partition coefficient (Wildman–Crippen LogP) is -0.947. The Labute approximate surface area is 306 Å². The van der Waals surface area contributed by atoms with Crippen molar-refractivity contribution in [2.24, 2.45) is 0 Å². The van der Waals surface area contributed by atoms with Crippen LogP contribution in [0.4, 0.5) is 0 Å². The molecule has 4 fully saturated rings. The Balaban J connectivity index is 0.000000674.